The van der Waals surface area contributed by atoms with Crippen LogP contribution in [0.4, 0.5) is 0 Å². The summed E-state index contributed by atoms with van der Waals surface area (Å²) in [7, 11) is 1.98. The second-order valence-electron chi connectivity index (χ2n) is 8.76. The largest absolute Gasteiger partial charge is 0.340 e. The number of amides is 1. The van der Waals surface area contributed by atoms with Crippen LogP contribution in [0.2, 0.25) is 5.02 Å². The molecule has 1 amide bonds. The number of piperazine rings is 1. The minimum absolute atomic E-state index is 0.104. The van der Waals surface area contributed by atoms with Gasteiger partial charge in [-0.05, 0) is 53.3 Å². The lowest BCUT2D eigenvalue weighted by atomic mass is 9.96. The van der Waals surface area contributed by atoms with Gasteiger partial charge in [-0.2, -0.15) is 0 Å². The van der Waals surface area contributed by atoms with E-state index in [0.717, 1.165) is 55.3 Å². The molecular weight excluding hydrogens is 420 g/mol. The zero-order valence-electron chi connectivity index (χ0n) is 18.4. The predicted molar refractivity (Wildman–Crippen MR) is 124 cm³/mol. The summed E-state index contributed by atoms with van der Waals surface area (Å²) >= 11 is 6.33. The third-order valence-corrected chi connectivity index (χ3v) is 6.92. The molecule has 2 aliphatic rings. The van der Waals surface area contributed by atoms with E-state index in [2.05, 4.69) is 23.1 Å². The first-order valence-corrected chi connectivity index (χ1v) is 11.6. The molecule has 0 saturated carbocycles. The van der Waals surface area contributed by atoms with E-state index < -0.39 is 0 Å². The summed E-state index contributed by atoms with van der Waals surface area (Å²) in [5, 5.41) is 0.784. The fourth-order valence-corrected chi connectivity index (χ4v) is 5.11. The Morgan fingerprint density at radius 2 is 1.81 bits per heavy atom. The topological polar surface area (TPSA) is 40.3 Å². The molecule has 32 heavy (non-hydrogen) atoms. The van der Waals surface area contributed by atoms with E-state index in [1.807, 2.05) is 59.4 Å². The van der Waals surface area contributed by atoms with Crippen LogP contribution in [-0.4, -0.2) is 46.9 Å². The number of carbonyl (C=O) groups excluding carboxylic acids is 1. The van der Waals surface area contributed by atoms with Gasteiger partial charge in [0.05, 0.1) is 18.2 Å². The molecule has 0 N–H and O–H groups in total. The highest BCUT2D eigenvalue weighted by Gasteiger charge is 2.33. The Balaban J connectivity index is 1.35. The van der Waals surface area contributed by atoms with Gasteiger partial charge >= 0.3 is 0 Å². The van der Waals surface area contributed by atoms with Crippen molar-refractivity contribution in [2.45, 2.75) is 25.3 Å². The van der Waals surface area contributed by atoms with Crippen molar-refractivity contribution >= 4 is 17.5 Å². The Hall–Kier alpha value is -2.76. The Kier molecular flexibility index (Phi) is 5.94. The van der Waals surface area contributed by atoms with E-state index in [0.29, 0.717) is 6.42 Å². The van der Waals surface area contributed by atoms with Gasteiger partial charge in [0.25, 0.3) is 0 Å². The molecule has 5 nitrogen and oxygen atoms in total. The van der Waals surface area contributed by atoms with Crippen LogP contribution in [0.15, 0.2) is 61.1 Å². The molecule has 6 heteroatoms. The fourth-order valence-electron chi connectivity index (χ4n) is 4.92. The van der Waals surface area contributed by atoms with Gasteiger partial charge < -0.3 is 4.90 Å². The third-order valence-electron chi connectivity index (χ3n) is 6.68. The normalized spacial score (nSPS) is 18.6. The highest BCUT2D eigenvalue weighted by atomic mass is 35.5. The molecule has 2 aromatic heterocycles. The number of aryl methyl sites for hydroxylation is 3. The molecule has 5 rings (SSSR count). The summed E-state index contributed by atoms with van der Waals surface area (Å²) in [6.07, 6.45) is 8.27. The van der Waals surface area contributed by atoms with Crippen molar-refractivity contribution in [3.63, 3.8) is 0 Å². The van der Waals surface area contributed by atoms with Crippen molar-refractivity contribution in [3.8, 4) is 0 Å². The van der Waals surface area contributed by atoms with Gasteiger partial charge in [0.15, 0.2) is 12.4 Å². The number of hydrogen-bond acceptors (Lipinski definition) is 3. The molecule has 3 heterocycles. The number of benzene rings is 1. The number of pyridine rings is 2. The number of aromatic nitrogens is 2. The maximum Gasteiger partial charge on any atom is 0.227 e. The Morgan fingerprint density at radius 1 is 1.06 bits per heavy atom. The van der Waals surface area contributed by atoms with Crippen molar-refractivity contribution in [1.82, 2.24) is 14.8 Å². The average Bonchev–Trinajstić information content (AvgIpc) is 2.97. The van der Waals surface area contributed by atoms with Crippen molar-refractivity contribution in [3.05, 3.63) is 94.0 Å². The molecular formula is C26H28ClN4O+. The molecule has 1 aliphatic heterocycles. The maximum atomic E-state index is 12.9. The minimum Gasteiger partial charge on any atom is -0.340 e. The van der Waals surface area contributed by atoms with Crippen LogP contribution >= 0.6 is 11.6 Å². The summed E-state index contributed by atoms with van der Waals surface area (Å²) in [5.74, 6) is 0.199. The Morgan fingerprint density at radius 3 is 2.59 bits per heavy atom. The lowest BCUT2D eigenvalue weighted by molar-refractivity contribution is -0.671. The highest BCUT2D eigenvalue weighted by Crippen LogP contribution is 2.37. The first-order valence-electron chi connectivity index (χ1n) is 11.3. The van der Waals surface area contributed by atoms with Gasteiger partial charge in [0.2, 0.25) is 5.91 Å². The zero-order valence-corrected chi connectivity index (χ0v) is 19.1. The van der Waals surface area contributed by atoms with Gasteiger partial charge in [-0.3, -0.25) is 14.7 Å². The molecule has 164 valence electrons. The summed E-state index contributed by atoms with van der Waals surface area (Å²) in [5.41, 5.74) is 6.11. The molecule has 0 unspecified atom stereocenters. The second kappa shape index (κ2) is 9.00. The average molecular weight is 448 g/mol. The molecule has 1 aromatic carbocycles. The molecule has 0 spiro atoms. The van der Waals surface area contributed by atoms with Crippen molar-refractivity contribution < 1.29 is 9.36 Å². The predicted octanol–water partition coefficient (Wildman–Crippen LogP) is 3.13. The van der Waals surface area contributed by atoms with Crippen LogP contribution in [0, 0.1) is 0 Å². The molecule has 3 aromatic rings. The van der Waals surface area contributed by atoms with Gasteiger partial charge in [-0.1, -0.05) is 23.7 Å². The monoisotopic (exact) mass is 447 g/mol. The van der Waals surface area contributed by atoms with E-state index in [9.17, 15) is 4.79 Å². The van der Waals surface area contributed by atoms with Crippen molar-refractivity contribution in [1.29, 1.82) is 0 Å². The van der Waals surface area contributed by atoms with Gasteiger partial charge in [-0.15, -0.1) is 0 Å². The van der Waals surface area contributed by atoms with Crippen LogP contribution in [-0.2, 0) is 31.1 Å². The molecule has 0 radical (unpaired) electrons. The quantitative estimate of drug-likeness (QED) is 0.579. The Bertz CT molecular complexity index is 1120. The van der Waals surface area contributed by atoms with Crippen molar-refractivity contribution in [2.24, 2.45) is 7.05 Å². The van der Waals surface area contributed by atoms with Gasteiger partial charge in [0.1, 0.15) is 7.05 Å². The summed E-state index contributed by atoms with van der Waals surface area (Å²) in [6, 6.07) is 14.6. The van der Waals surface area contributed by atoms with Gasteiger partial charge in [-0.25, -0.2) is 4.57 Å². The number of fused-ring (bicyclic) bond motifs is 2. The molecule has 1 saturated heterocycles. The smallest absolute Gasteiger partial charge is 0.227 e. The number of hydrogen-bond donors (Lipinski definition) is 0. The molecule has 0 bridgehead atoms. The lowest BCUT2D eigenvalue weighted by Gasteiger charge is -2.39. The van der Waals surface area contributed by atoms with Gasteiger partial charge in [0, 0.05) is 49.5 Å². The fraction of sp³-hybridized carbons (Fsp3) is 0.346. The van der Waals surface area contributed by atoms with E-state index in [-0.39, 0.29) is 11.9 Å². The third kappa shape index (κ3) is 4.27. The van der Waals surface area contributed by atoms with Crippen LogP contribution in [0.1, 0.15) is 34.0 Å². The summed E-state index contributed by atoms with van der Waals surface area (Å²) in [6.45, 7) is 3.14. The van der Waals surface area contributed by atoms with Crippen LogP contribution in [0.3, 0.4) is 0 Å². The summed E-state index contributed by atoms with van der Waals surface area (Å²) < 4.78 is 1.98. The van der Waals surface area contributed by atoms with Crippen LogP contribution in [0.25, 0.3) is 0 Å². The second-order valence-corrected chi connectivity index (χ2v) is 9.20. The van der Waals surface area contributed by atoms with E-state index >= 15 is 0 Å². The molecule has 1 fully saturated rings. The first kappa shape index (κ1) is 21.1. The lowest BCUT2D eigenvalue weighted by Crippen LogP contribution is -2.50. The zero-order chi connectivity index (χ0) is 22.1. The first-order chi connectivity index (χ1) is 15.6. The number of halogens is 1. The van der Waals surface area contributed by atoms with Crippen LogP contribution in [0.5, 0.6) is 0 Å². The molecule has 1 aliphatic carbocycles. The Labute approximate surface area is 194 Å². The summed E-state index contributed by atoms with van der Waals surface area (Å²) in [4.78, 5) is 22.2. The number of rotatable bonds is 3. The SMILES string of the molecule is C[n+]1ccc(CC(=O)N2CCN([C@H]3c4ccc(Cl)cc4CCc4cccnc43)CC2)cc1. The van der Waals surface area contributed by atoms with E-state index in [1.165, 1.54) is 16.7 Å². The van der Waals surface area contributed by atoms with E-state index in [1.54, 1.807) is 0 Å². The number of nitrogens with zero attached hydrogens (tertiary/aromatic N) is 4. The number of carbonyl (C=O) groups is 1. The minimum atomic E-state index is 0.104. The molecule has 1 atom stereocenters. The van der Waals surface area contributed by atoms with Crippen LogP contribution < -0.4 is 4.57 Å². The maximum absolute atomic E-state index is 12.9. The van der Waals surface area contributed by atoms with E-state index in [4.69, 9.17) is 16.6 Å². The van der Waals surface area contributed by atoms with Crippen molar-refractivity contribution in [2.75, 3.05) is 26.2 Å². The highest BCUT2D eigenvalue weighted by molar-refractivity contribution is 6.30. The standard InChI is InChI=1S/C26H28ClN4O/c1-29-11-8-19(9-12-29)17-24(32)30-13-15-31(16-14-30)26-23-7-6-22(27)18-21(23)5-4-20-3-2-10-28-25(20)26/h2-3,6-12,18,26H,4-5,13-17H2,1H3/q+1/t26-/m0/s1.